The number of halogens is 3. The van der Waals surface area contributed by atoms with Crippen molar-refractivity contribution < 1.29 is 27.8 Å². The Morgan fingerprint density at radius 3 is 2.65 bits per heavy atom. The summed E-state index contributed by atoms with van der Waals surface area (Å²) >= 11 is 5.90. The second-order valence-corrected chi connectivity index (χ2v) is 9.62. The summed E-state index contributed by atoms with van der Waals surface area (Å²) in [5.74, 6) is -6.39. The van der Waals surface area contributed by atoms with Gasteiger partial charge in [-0.25, -0.2) is 28.0 Å². The van der Waals surface area contributed by atoms with Crippen LogP contribution in [0.25, 0.3) is 5.82 Å². The number of ether oxygens (including phenoxy) is 2. The van der Waals surface area contributed by atoms with Gasteiger partial charge < -0.3 is 9.47 Å². The highest BCUT2D eigenvalue weighted by atomic mass is 35.5. The first-order chi connectivity index (χ1) is 17.4. The molecule has 10 nitrogen and oxygen atoms in total. The third-order valence-corrected chi connectivity index (χ3v) is 6.46. The van der Waals surface area contributed by atoms with E-state index < -0.39 is 60.1 Å². The van der Waals surface area contributed by atoms with Crippen molar-refractivity contribution in [2.75, 3.05) is 6.61 Å². The molecular weight excluding hydrogens is 512 g/mol. The summed E-state index contributed by atoms with van der Waals surface area (Å²) in [5.41, 5.74) is -3.47. The van der Waals surface area contributed by atoms with Crippen molar-refractivity contribution in [2.24, 2.45) is 11.8 Å². The van der Waals surface area contributed by atoms with Gasteiger partial charge in [0.05, 0.1) is 11.5 Å². The molecule has 2 aromatic heterocycles. The van der Waals surface area contributed by atoms with Crippen molar-refractivity contribution in [3.05, 3.63) is 70.3 Å². The highest BCUT2D eigenvalue weighted by molar-refractivity contribution is 6.30. The molecule has 0 saturated carbocycles. The van der Waals surface area contributed by atoms with Gasteiger partial charge in [0, 0.05) is 23.6 Å². The van der Waals surface area contributed by atoms with Crippen LogP contribution in [0.5, 0.6) is 0 Å². The first-order valence-electron chi connectivity index (χ1n) is 11.4. The lowest BCUT2D eigenvalue weighted by Crippen LogP contribution is -2.44. The zero-order valence-corrected chi connectivity index (χ0v) is 20.9. The lowest BCUT2D eigenvalue weighted by molar-refractivity contribution is -0.196. The molecule has 0 radical (unpaired) electrons. The molecule has 1 aliphatic rings. The molecule has 4 atom stereocenters. The summed E-state index contributed by atoms with van der Waals surface area (Å²) in [6.07, 6.45) is 1.37. The van der Waals surface area contributed by atoms with Gasteiger partial charge >= 0.3 is 11.7 Å². The van der Waals surface area contributed by atoms with E-state index in [4.69, 9.17) is 21.1 Å². The van der Waals surface area contributed by atoms with Gasteiger partial charge in [-0.1, -0.05) is 31.5 Å². The van der Waals surface area contributed by atoms with Gasteiger partial charge in [0.15, 0.2) is 24.3 Å². The zero-order chi connectivity index (χ0) is 27.0. The maximum absolute atomic E-state index is 16.3. The molecule has 196 valence electrons. The number of hydrogen-bond acceptors (Lipinski definition) is 8. The van der Waals surface area contributed by atoms with Crippen LogP contribution in [0.15, 0.2) is 54.0 Å². The Bertz CT molecular complexity index is 1360. The molecule has 3 heterocycles. The number of aromatic nitrogens is 5. The average Bonchev–Trinajstić information content (AvgIpc) is 3.45. The lowest BCUT2D eigenvalue weighted by Gasteiger charge is -2.29. The highest BCUT2D eigenvalue weighted by Crippen LogP contribution is 2.53. The summed E-state index contributed by atoms with van der Waals surface area (Å²) in [6, 6.07) is 7.15. The smallest absolute Gasteiger partial charge is 0.351 e. The molecule has 0 bridgehead atoms. The minimum Gasteiger partial charge on any atom is -0.456 e. The van der Waals surface area contributed by atoms with Crippen molar-refractivity contribution in [1.82, 2.24) is 24.3 Å². The van der Waals surface area contributed by atoms with Crippen LogP contribution in [0, 0.1) is 11.8 Å². The fourth-order valence-electron chi connectivity index (χ4n) is 4.13. The van der Waals surface area contributed by atoms with Crippen LogP contribution < -0.4 is 5.69 Å². The standard InChI is InChI=1S/C24H24ClF2N5O5/c1-14(2)17(33)10-18-23(3,26)21(31-8-7-19(30-22(31)35)32-13-28-12-29-32)37-24(18,27)11-36-20(34)15-5-4-6-16(25)9-15/h4-9,12-14,18,21H,10-11H2,1-3H3/t18-,21+,23+,24+/m0/s1. The first-order valence-corrected chi connectivity index (χ1v) is 11.8. The molecule has 0 spiro atoms. The molecule has 1 aliphatic heterocycles. The Balaban J connectivity index is 1.65. The fraction of sp³-hybridized carbons (Fsp3) is 0.417. The molecule has 3 aromatic rings. The molecule has 0 N–H and O–H groups in total. The van der Waals surface area contributed by atoms with E-state index in [1.54, 1.807) is 19.9 Å². The van der Waals surface area contributed by atoms with Crippen LogP contribution in [0.4, 0.5) is 8.78 Å². The molecule has 4 rings (SSSR count). The molecule has 0 unspecified atom stereocenters. The number of ketones is 1. The number of Topliss-reactive ketones (excluding diaryl/α,β-unsaturated/α-hetero) is 1. The van der Waals surface area contributed by atoms with Crippen molar-refractivity contribution >= 4 is 23.4 Å². The molecule has 1 saturated heterocycles. The monoisotopic (exact) mass is 535 g/mol. The minimum absolute atomic E-state index is 0.0487. The predicted octanol–water partition coefficient (Wildman–Crippen LogP) is 3.49. The van der Waals surface area contributed by atoms with E-state index in [-0.39, 0.29) is 16.4 Å². The van der Waals surface area contributed by atoms with Crippen LogP contribution in [-0.2, 0) is 14.3 Å². The van der Waals surface area contributed by atoms with E-state index in [1.165, 1.54) is 47.8 Å². The van der Waals surface area contributed by atoms with Gasteiger partial charge in [0.1, 0.15) is 18.4 Å². The van der Waals surface area contributed by atoms with Gasteiger partial charge in [0.2, 0.25) is 0 Å². The molecule has 13 heteroatoms. The molecule has 1 fully saturated rings. The number of benzene rings is 1. The molecule has 37 heavy (non-hydrogen) atoms. The Labute approximate surface area is 215 Å². The number of hydrogen-bond donors (Lipinski definition) is 0. The number of alkyl halides is 2. The molecule has 1 aromatic carbocycles. The van der Waals surface area contributed by atoms with Crippen LogP contribution in [0.3, 0.4) is 0 Å². The number of esters is 1. The van der Waals surface area contributed by atoms with Gasteiger partial charge in [-0.2, -0.15) is 10.1 Å². The normalized spacial score (nSPS) is 25.4. The van der Waals surface area contributed by atoms with Gasteiger partial charge in [-0.3, -0.25) is 9.36 Å². The van der Waals surface area contributed by atoms with Crippen LogP contribution in [0.2, 0.25) is 5.02 Å². The van der Waals surface area contributed by atoms with E-state index >= 15 is 8.78 Å². The van der Waals surface area contributed by atoms with E-state index in [2.05, 4.69) is 15.1 Å². The average molecular weight is 536 g/mol. The minimum atomic E-state index is -2.93. The van der Waals surface area contributed by atoms with E-state index in [0.29, 0.717) is 0 Å². The Morgan fingerprint density at radius 1 is 1.27 bits per heavy atom. The molecule has 0 amide bonds. The summed E-state index contributed by atoms with van der Waals surface area (Å²) in [5, 5.41) is 4.14. The highest BCUT2D eigenvalue weighted by Gasteiger charge is 2.65. The van der Waals surface area contributed by atoms with Crippen LogP contribution >= 0.6 is 11.6 Å². The van der Waals surface area contributed by atoms with Gasteiger partial charge in [0.25, 0.3) is 5.85 Å². The van der Waals surface area contributed by atoms with Gasteiger partial charge in [-0.15, -0.1) is 0 Å². The summed E-state index contributed by atoms with van der Waals surface area (Å²) in [6.45, 7) is 3.21. The van der Waals surface area contributed by atoms with Crippen molar-refractivity contribution in [2.45, 2.75) is 44.9 Å². The lowest BCUT2D eigenvalue weighted by atomic mass is 9.81. The Hall–Kier alpha value is -3.51. The maximum Gasteiger partial charge on any atom is 0.351 e. The number of nitrogens with zero attached hydrogens (tertiary/aromatic N) is 5. The van der Waals surface area contributed by atoms with E-state index in [0.717, 1.165) is 11.5 Å². The summed E-state index contributed by atoms with van der Waals surface area (Å²) in [7, 11) is 0. The summed E-state index contributed by atoms with van der Waals surface area (Å²) < 4.78 is 45.2. The quantitative estimate of drug-likeness (QED) is 0.402. The van der Waals surface area contributed by atoms with E-state index in [9.17, 15) is 14.4 Å². The number of rotatable bonds is 8. The van der Waals surface area contributed by atoms with Crippen molar-refractivity contribution in [3.63, 3.8) is 0 Å². The molecule has 0 aliphatic carbocycles. The third-order valence-electron chi connectivity index (χ3n) is 6.22. The van der Waals surface area contributed by atoms with Crippen LogP contribution in [-0.4, -0.2) is 54.2 Å². The molecular formula is C24H24ClF2N5O5. The van der Waals surface area contributed by atoms with Crippen molar-refractivity contribution in [1.29, 1.82) is 0 Å². The SMILES string of the molecule is CC(C)C(=O)C[C@H]1[C@@](C)(F)[C@H](n2ccc(-n3cncn3)nc2=O)O[C@]1(F)COC(=O)c1cccc(Cl)c1. The van der Waals surface area contributed by atoms with Gasteiger partial charge in [-0.05, 0) is 31.2 Å². The third kappa shape index (κ3) is 5.30. The zero-order valence-electron chi connectivity index (χ0n) is 20.2. The second kappa shape index (κ2) is 10.1. The summed E-state index contributed by atoms with van der Waals surface area (Å²) in [4.78, 5) is 45.5. The first kappa shape index (κ1) is 26.6. The number of carbonyl (C=O) groups excluding carboxylic acids is 2. The predicted molar refractivity (Wildman–Crippen MR) is 127 cm³/mol. The number of carbonyl (C=O) groups is 2. The van der Waals surface area contributed by atoms with Crippen molar-refractivity contribution in [3.8, 4) is 5.82 Å². The second-order valence-electron chi connectivity index (χ2n) is 9.19. The topological polar surface area (TPSA) is 118 Å². The fourth-order valence-corrected chi connectivity index (χ4v) is 4.32. The Morgan fingerprint density at radius 2 is 2.03 bits per heavy atom. The maximum atomic E-state index is 16.3. The largest absolute Gasteiger partial charge is 0.456 e. The Kier molecular flexibility index (Phi) is 7.24. The van der Waals surface area contributed by atoms with Crippen LogP contribution in [0.1, 0.15) is 43.8 Å². The van der Waals surface area contributed by atoms with E-state index in [1.807, 2.05) is 0 Å².